The Bertz CT molecular complexity index is 959. The summed E-state index contributed by atoms with van der Waals surface area (Å²) in [6.07, 6.45) is 5.50. The highest BCUT2D eigenvalue weighted by molar-refractivity contribution is 6.01. The maximum atomic E-state index is 13.3. The van der Waals surface area contributed by atoms with E-state index in [1.165, 1.54) is 4.57 Å². The molecular weight excluding hydrogens is 384 g/mol. The Hall–Kier alpha value is -2.45. The lowest BCUT2D eigenvalue weighted by atomic mass is 9.87. The highest BCUT2D eigenvalue weighted by Crippen LogP contribution is 2.27. The van der Waals surface area contributed by atoms with Crippen molar-refractivity contribution in [3.63, 3.8) is 0 Å². The molecule has 3 heterocycles. The van der Waals surface area contributed by atoms with E-state index >= 15 is 0 Å². The number of carbonyl (C=O) groups is 1. The molecule has 8 nitrogen and oxygen atoms in total. The van der Waals surface area contributed by atoms with Crippen molar-refractivity contribution in [3.8, 4) is 5.75 Å². The minimum absolute atomic E-state index is 0.0406. The summed E-state index contributed by atoms with van der Waals surface area (Å²) in [6.45, 7) is 6.24. The number of amides is 1. The lowest BCUT2D eigenvalue weighted by Crippen LogP contribution is -2.42. The normalized spacial score (nSPS) is 22.8. The maximum absolute atomic E-state index is 13.3. The van der Waals surface area contributed by atoms with Gasteiger partial charge in [0.05, 0.1) is 18.6 Å². The van der Waals surface area contributed by atoms with Gasteiger partial charge < -0.3 is 15.2 Å². The number of hydrogen-bond donors (Lipinski definition) is 2. The van der Waals surface area contributed by atoms with Gasteiger partial charge in [-0.2, -0.15) is 0 Å². The molecule has 1 amide bonds. The number of rotatable bonds is 5. The Balaban J connectivity index is 1.63. The third-order valence-corrected chi connectivity index (χ3v) is 6.31. The molecule has 1 saturated heterocycles. The zero-order chi connectivity index (χ0) is 21.1. The van der Waals surface area contributed by atoms with Crippen LogP contribution in [0.5, 0.6) is 5.75 Å². The van der Waals surface area contributed by atoms with Gasteiger partial charge in [0.2, 0.25) is 0 Å². The largest absolute Gasteiger partial charge is 0.506 e. The van der Waals surface area contributed by atoms with Gasteiger partial charge in [0.1, 0.15) is 17.0 Å². The van der Waals surface area contributed by atoms with Crippen LogP contribution in [-0.2, 0) is 11.3 Å². The summed E-state index contributed by atoms with van der Waals surface area (Å²) in [6, 6.07) is 3.43. The number of aromatic nitrogens is 2. The first-order valence-corrected chi connectivity index (χ1v) is 10.9. The fourth-order valence-electron chi connectivity index (χ4n) is 4.40. The van der Waals surface area contributed by atoms with Crippen LogP contribution in [0.3, 0.4) is 0 Å². The van der Waals surface area contributed by atoms with E-state index in [-0.39, 0.29) is 17.4 Å². The predicted octanol–water partition coefficient (Wildman–Crippen LogP) is 1.74. The summed E-state index contributed by atoms with van der Waals surface area (Å²) in [7, 11) is 0. The van der Waals surface area contributed by atoms with Gasteiger partial charge in [-0.15, -0.1) is 0 Å². The van der Waals surface area contributed by atoms with Crippen LogP contribution in [0, 0.1) is 5.92 Å². The summed E-state index contributed by atoms with van der Waals surface area (Å²) in [4.78, 5) is 32.8. The van der Waals surface area contributed by atoms with Crippen molar-refractivity contribution in [2.75, 3.05) is 32.8 Å². The molecule has 162 valence electrons. The number of carbonyl (C=O) groups excluding carboxylic acids is 1. The van der Waals surface area contributed by atoms with E-state index < -0.39 is 11.5 Å². The zero-order valence-electron chi connectivity index (χ0n) is 17.5. The van der Waals surface area contributed by atoms with Crippen molar-refractivity contribution < 1.29 is 14.6 Å². The van der Waals surface area contributed by atoms with Gasteiger partial charge in [-0.3, -0.25) is 19.1 Å². The van der Waals surface area contributed by atoms with Crippen molar-refractivity contribution in [2.24, 2.45) is 5.92 Å². The molecule has 0 aromatic carbocycles. The van der Waals surface area contributed by atoms with Gasteiger partial charge in [0, 0.05) is 38.4 Å². The molecule has 1 aliphatic heterocycles. The summed E-state index contributed by atoms with van der Waals surface area (Å²) < 4.78 is 6.90. The maximum Gasteiger partial charge on any atom is 0.268 e. The van der Waals surface area contributed by atoms with Gasteiger partial charge >= 0.3 is 0 Å². The first kappa shape index (κ1) is 20.8. The van der Waals surface area contributed by atoms with Crippen molar-refractivity contribution in [1.29, 1.82) is 0 Å². The molecule has 2 aliphatic rings. The van der Waals surface area contributed by atoms with Gasteiger partial charge in [0.25, 0.3) is 11.5 Å². The first-order chi connectivity index (χ1) is 14.5. The number of fused-ring (bicyclic) bond motifs is 1. The standard InChI is InChI=1S/C22H30N4O4/c1-15-4-6-16(7-5-15)24-21(28)18-19(27)17-3-2-8-23-20(17)26(22(18)29)10-9-25-11-13-30-14-12-25/h2-3,8,15-16,27H,4-7,9-14H2,1H3,(H,24,28). The average molecular weight is 415 g/mol. The number of morpholine rings is 1. The molecule has 4 rings (SSSR count). The molecule has 2 fully saturated rings. The van der Waals surface area contributed by atoms with Crippen molar-refractivity contribution in [1.82, 2.24) is 19.8 Å². The average Bonchev–Trinajstić information content (AvgIpc) is 2.76. The van der Waals surface area contributed by atoms with Crippen LogP contribution < -0.4 is 10.9 Å². The summed E-state index contributed by atoms with van der Waals surface area (Å²) in [5, 5.41) is 14.2. The Morgan fingerprint density at radius 3 is 2.70 bits per heavy atom. The summed E-state index contributed by atoms with van der Waals surface area (Å²) in [5.74, 6) is -0.119. The number of nitrogens with one attached hydrogen (secondary N) is 1. The van der Waals surface area contributed by atoms with Gasteiger partial charge in [0.15, 0.2) is 0 Å². The van der Waals surface area contributed by atoms with Crippen LogP contribution in [0.25, 0.3) is 11.0 Å². The molecule has 1 saturated carbocycles. The van der Waals surface area contributed by atoms with Crippen LogP contribution >= 0.6 is 0 Å². The summed E-state index contributed by atoms with van der Waals surface area (Å²) in [5.41, 5.74) is -0.277. The van der Waals surface area contributed by atoms with Crippen LogP contribution in [0.15, 0.2) is 23.1 Å². The van der Waals surface area contributed by atoms with E-state index in [4.69, 9.17) is 4.74 Å². The van der Waals surface area contributed by atoms with Crippen molar-refractivity contribution in [3.05, 3.63) is 34.2 Å². The van der Waals surface area contributed by atoms with E-state index in [0.717, 1.165) is 38.8 Å². The van der Waals surface area contributed by atoms with E-state index in [0.29, 0.717) is 43.3 Å². The Labute approximate surface area is 175 Å². The minimum Gasteiger partial charge on any atom is -0.506 e. The van der Waals surface area contributed by atoms with Gasteiger partial charge in [-0.25, -0.2) is 4.98 Å². The lowest BCUT2D eigenvalue weighted by Gasteiger charge is -2.27. The number of nitrogens with zero attached hydrogens (tertiary/aromatic N) is 3. The molecule has 0 unspecified atom stereocenters. The monoisotopic (exact) mass is 414 g/mol. The second-order valence-electron chi connectivity index (χ2n) is 8.44. The van der Waals surface area contributed by atoms with Crippen LogP contribution in [0.4, 0.5) is 0 Å². The molecule has 30 heavy (non-hydrogen) atoms. The topological polar surface area (TPSA) is 96.7 Å². The fourth-order valence-corrected chi connectivity index (χ4v) is 4.40. The van der Waals surface area contributed by atoms with E-state index in [2.05, 4.69) is 22.1 Å². The second-order valence-corrected chi connectivity index (χ2v) is 8.44. The lowest BCUT2D eigenvalue weighted by molar-refractivity contribution is 0.0364. The van der Waals surface area contributed by atoms with Crippen molar-refractivity contribution >= 4 is 16.9 Å². The second kappa shape index (κ2) is 9.14. The fraction of sp³-hybridized carbons (Fsp3) is 0.591. The predicted molar refractivity (Wildman–Crippen MR) is 114 cm³/mol. The molecule has 0 bridgehead atoms. The van der Waals surface area contributed by atoms with E-state index in [1.54, 1.807) is 18.3 Å². The smallest absolute Gasteiger partial charge is 0.268 e. The van der Waals surface area contributed by atoms with Crippen molar-refractivity contribution in [2.45, 2.75) is 45.2 Å². The van der Waals surface area contributed by atoms with Gasteiger partial charge in [-0.05, 0) is 43.7 Å². The Morgan fingerprint density at radius 1 is 1.23 bits per heavy atom. The number of ether oxygens (including phenoxy) is 1. The molecule has 0 atom stereocenters. The third-order valence-electron chi connectivity index (χ3n) is 6.31. The minimum atomic E-state index is -0.497. The molecule has 0 radical (unpaired) electrons. The quantitative estimate of drug-likeness (QED) is 0.774. The van der Waals surface area contributed by atoms with E-state index in [1.807, 2.05) is 0 Å². The summed E-state index contributed by atoms with van der Waals surface area (Å²) >= 11 is 0. The third kappa shape index (κ3) is 4.34. The molecule has 2 aromatic rings. The van der Waals surface area contributed by atoms with E-state index in [9.17, 15) is 14.7 Å². The van der Waals surface area contributed by atoms with Crippen LogP contribution in [0.2, 0.25) is 0 Å². The first-order valence-electron chi connectivity index (χ1n) is 10.9. The highest BCUT2D eigenvalue weighted by Gasteiger charge is 2.26. The van der Waals surface area contributed by atoms with Gasteiger partial charge in [-0.1, -0.05) is 6.92 Å². The Morgan fingerprint density at radius 2 is 1.97 bits per heavy atom. The Kier molecular flexibility index (Phi) is 6.34. The number of aromatic hydroxyl groups is 1. The molecular formula is C22H30N4O4. The molecule has 1 aliphatic carbocycles. The molecule has 8 heteroatoms. The van der Waals surface area contributed by atoms with Crippen LogP contribution in [0.1, 0.15) is 43.0 Å². The molecule has 2 aromatic heterocycles. The zero-order valence-corrected chi connectivity index (χ0v) is 17.5. The highest BCUT2D eigenvalue weighted by atomic mass is 16.5. The van der Waals surface area contributed by atoms with Crippen LogP contribution in [-0.4, -0.2) is 64.4 Å². The SMILES string of the molecule is CC1CCC(NC(=O)c2c(O)c3cccnc3n(CCN3CCOCC3)c2=O)CC1. The number of hydrogen-bond acceptors (Lipinski definition) is 6. The molecule has 0 spiro atoms. The molecule has 2 N–H and O–H groups in total. The number of pyridine rings is 2.